The summed E-state index contributed by atoms with van der Waals surface area (Å²) in [6.45, 7) is 4.57. The molecule has 106 valence electrons. The summed E-state index contributed by atoms with van der Waals surface area (Å²) in [5.74, 6) is 7.40. The summed E-state index contributed by atoms with van der Waals surface area (Å²) in [6, 6.07) is 9.43. The van der Waals surface area contributed by atoms with Gasteiger partial charge in [0.1, 0.15) is 0 Å². The molecule has 2 rings (SSSR count). The predicted molar refractivity (Wildman–Crippen MR) is 81.8 cm³/mol. The fraction of sp³-hybridized carbons (Fsp3) is 0.647. The van der Waals surface area contributed by atoms with Crippen molar-refractivity contribution in [3.8, 4) is 0 Å². The quantitative estimate of drug-likeness (QED) is 0.628. The monoisotopic (exact) mass is 260 g/mol. The Morgan fingerprint density at radius 2 is 1.89 bits per heavy atom. The normalized spacial score (nSPS) is 25.2. The van der Waals surface area contributed by atoms with Crippen molar-refractivity contribution in [1.82, 2.24) is 5.43 Å². The maximum absolute atomic E-state index is 5.80. The molecule has 2 nitrogen and oxygen atoms in total. The number of benzene rings is 1. The molecule has 0 spiro atoms. The third kappa shape index (κ3) is 4.05. The van der Waals surface area contributed by atoms with Crippen LogP contribution >= 0.6 is 0 Å². The molecule has 1 aliphatic carbocycles. The van der Waals surface area contributed by atoms with Crippen LogP contribution in [-0.4, -0.2) is 6.04 Å². The van der Waals surface area contributed by atoms with E-state index < -0.39 is 0 Å². The van der Waals surface area contributed by atoms with Gasteiger partial charge in [-0.1, -0.05) is 51.0 Å². The van der Waals surface area contributed by atoms with Crippen LogP contribution in [0.3, 0.4) is 0 Å². The van der Waals surface area contributed by atoms with Crippen LogP contribution in [0, 0.1) is 11.8 Å². The Morgan fingerprint density at radius 1 is 1.21 bits per heavy atom. The number of hydrogen-bond donors (Lipinski definition) is 2. The third-order valence-corrected chi connectivity index (χ3v) is 4.65. The second kappa shape index (κ2) is 7.06. The zero-order valence-electron chi connectivity index (χ0n) is 12.4. The van der Waals surface area contributed by atoms with E-state index in [1.165, 1.54) is 36.8 Å². The standard InChI is InChI=1S/C17H28N2/c1-3-14-7-9-15(10-8-14)12-17(19-18)16-6-4-5-13(2)11-16/h7-10,13,16-17,19H,3-6,11-12,18H2,1-2H3. The zero-order chi connectivity index (χ0) is 13.7. The van der Waals surface area contributed by atoms with E-state index in [2.05, 4.69) is 43.5 Å². The van der Waals surface area contributed by atoms with E-state index >= 15 is 0 Å². The average Bonchev–Trinajstić information content (AvgIpc) is 2.45. The molecule has 0 heterocycles. The first-order chi connectivity index (χ1) is 9.22. The van der Waals surface area contributed by atoms with Crippen LogP contribution in [0.25, 0.3) is 0 Å². The molecule has 2 heteroatoms. The van der Waals surface area contributed by atoms with Gasteiger partial charge < -0.3 is 0 Å². The number of rotatable bonds is 5. The highest BCUT2D eigenvalue weighted by molar-refractivity contribution is 5.23. The van der Waals surface area contributed by atoms with Gasteiger partial charge in [-0.05, 0) is 48.6 Å². The van der Waals surface area contributed by atoms with Crippen molar-refractivity contribution in [2.24, 2.45) is 17.7 Å². The molecule has 1 aromatic carbocycles. The molecule has 1 aromatic rings. The fourth-order valence-electron chi connectivity index (χ4n) is 3.37. The number of aryl methyl sites for hydroxylation is 1. The van der Waals surface area contributed by atoms with Crippen molar-refractivity contribution < 1.29 is 0 Å². The molecule has 0 amide bonds. The van der Waals surface area contributed by atoms with Crippen LogP contribution in [0.5, 0.6) is 0 Å². The second-order valence-electron chi connectivity index (χ2n) is 6.18. The molecule has 0 saturated heterocycles. The Balaban J connectivity index is 1.97. The Morgan fingerprint density at radius 3 is 2.47 bits per heavy atom. The van der Waals surface area contributed by atoms with Gasteiger partial charge in [0.15, 0.2) is 0 Å². The predicted octanol–water partition coefficient (Wildman–Crippen LogP) is 3.45. The minimum absolute atomic E-state index is 0.426. The molecule has 3 unspecified atom stereocenters. The van der Waals surface area contributed by atoms with E-state index in [9.17, 15) is 0 Å². The Kier molecular flexibility index (Phi) is 5.41. The van der Waals surface area contributed by atoms with E-state index in [0.717, 1.165) is 24.7 Å². The number of hydrazine groups is 1. The van der Waals surface area contributed by atoms with E-state index in [0.29, 0.717) is 6.04 Å². The average molecular weight is 260 g/mol. The summed E-state index contributed by atoms with van der Waals surface area (Å²) in [5, 5.41) is 0. The first-order valence-electron chi connectivity index (χ1n) is 7.76. The Hall–Kier alpha value is -0.860. The fourth-order valence-corrected chi connectivity index (χ4v) is 3.37. The highest BCUT2D eigenvalue weighted by Crippen LogP contribution is 2.31. The van der Waals surface area contributed by atoms with Crippen molar-refractivity contribution in [1.29, 1.82) is 0 Å². The van der Waals surface area contributed by atoms with Crippen LogP contribution in [-0.2, 0) is 12.8 Å². The minimum atomic E-state index is 0.426. The van der Waals surface area contributed by atoms with Gasteiger partial charge in [-0.3, -0.25) is 11.3 Å². The maximum atomic E-state index is 5.80. The van der Waals surface area contributed by atoms with Gasteiger partial charge in [0.25, 0.3) is 0 Å². The van der Waals surface area contributed by atoms with Gasteiger partial charge in [-0.2, -0.15) is 0 Å². The summed E-state index contributed by atoms with van der Waals surface area (Å²) >= 11 is 0. The van der Waals surface area contributed by atoms with Gasteiger partial charge in [-0.15, -0.1) is 0 Å². The molecule has 1 saturated carbocycles. The van der Waals surface area contributed by atoms with Gasteiger partial charge in [0.05, 0.1) is 0 Å². The molecule has 1 fully saturated rings. The second-order valence-corrected chi connectivity index (χ2v) is 6.18. The van der Waals surface area contributed by atoms with Gasteiger partial charge in [-0.25, -0.2) is 0 Å². The lowest BCUT2D eigenvalue weighted by molar-refractivity contribution is 0.222. The summed E-state index contributed by atoms with van der Waals surface area (Å²) in [6.07, 6.45) is 7.56. The van der Waals surface area contributed by atoms with Crippen molar-refractivity contribution >= 4 is 0 Å². The lowest BCUT2D eigenvalue weighted by atomic mass is 9.77. The molecule has 0 aromatic heterocycles. The van der Waals surface area contributed by atoms with Crippen molar-refractivity contribution in [2.75, 3.05) is 0 Å². The number of hydrogen-bond acceptors (Lipinski definition) is 2. The molecule has 0 radical (unpaired) electrons. The van der Waals surface area contributed by atoms with Crippen molar-refractivity contribution in [3.05, 3.63) is 35.4 Å². The van der Waals surface area contributed by atoms with Crippen molar-refractivity contribution in [2.45, 2.75) is 58.4 Å². The molecule has 19 heavy (non-hydrogen) atoms. The van der Waals surface area contributed by atoms with Crippen LogP contribution in [0.2, 0.25) is 0 Å². The van der Waals surface area contributed by atoms with E-state index in [1.807, 2.05) is 0 Å². The van der Waals surface area contributed by atoms with Crippen LogP contribution in [0.4, 0.5) is 0 Å². The van der Waals surface area contributed by atoms with E-state index in [1.54, 1.807) is 0 Å². The molecule has 3 atom stereocenters. The lowest BCUT2D eigenvalue weighted by Gasteiger charge is -2.33. The smallest absolute Gasteiger partial charge is 0.0279 e. The first-order valence-corrected chi connectivity index (χ1v) is 7.76. The SMILES string of the molecule is CCc1ccc(CC(NN)C2CCCC(C)C2)cc1. The molecular formula is C17H28N2. The van der Waals surface area contributed by atoms with E-state index in [4.69, 9.17) is 5.84 Å². The highest BCUT2D eigenvalue weighted by Gasteiger charge is 2.26. The van der Waals surface area contributed by atoms with Crippen LogP contribution < -0.4 is 11.3 Å². The Labute approximate surface area is 117 Å². The molecular weight excluding hydrogens is 232 g/mol. The molecule has 0 aliphatic heterocycles. The highest BCUT2D eigenvalue weighted by atomic mass is 15.2. The van der Waals surface area contributed by atoms with Crippen LogP contribution in [0.1, 0.15) is 50.7 Å². The summed E-state index contributed by atoms with van der Waals surface area (Å²) < 4.78 is 0. The largest absolute Gasteiger partial charge is 0.271 e. The molecule has 1 aliphatic rings. The summed E-state index contributed by atoms with van der Waals surface area (Å²) in [5.41, 5.74) is 5.88. The first kappa shape index (κ1) is 14.5. The van der Waals surface area contributed by atoms with E-state index in [-0.39, 0.29) is 0 Å². The number of nitrogens with one attached hydrogen (secondary N) is 1. The topological polar surface area (TPSA) is 38.0 Å². The minimum Gasteiger partial charge on any atom is -0.271 e. The third-order valence-electron chi connectivity index (χ3n) is 4.65. The summed E-state index contributed by atoms with van der Waals surface area (Å²) in [7, 11) is 0. The molecule has 0 bridgehead atoms. The lowest BCUT2D eigenvalue weighted by Crippen LogP contribution is -2.43. The molecule has 3 N–H and O–H groups in total. The number of nitrogens with two attached hydrogens (primary N) is 1. The van der Waals surface area contributed by atoms with Gasteiger partial charge in [0, 0.05) is 6.04 Å². The Bertz CT molecular complexity index is 371. The maximum Gasteiger partial charge on any atom is 0.0279 e. The zero-order valence-corrected chi connectivity index (χ0v) is 12.4. The van der Waals surface area contributed by atoms with Crippen LogP contribution in [0.15, 0.2) is 24.3 Å². The summed E-state index contributed by atoms with van der Waals surface area (Å²) in [4.78, 5) is 0. The van der Waals surface area contributed by atoms with Gasteiger partial charge >= 0.3 is 0 Å². The van der Waals surface area contributed by atoms with Gasteiger partial charge in [0.2, 0.25) is 0 Å². The van der Waals surface area contributed by atoms with Crippen molar-refractivity contribution in [3.63, 3.8) is 0 Å².